The molecule has 2 aliphatic heterocycles. The summed E-state index contributed by atoms with van der Waals surface area (Å²) in [6, 6.07) is 0. The molecule has 7 aliphatic rings. The van der Waals surface area contributed by atoms with Crippen molar-refractivity contribution >= 4 is 0 Å². The van der Waals surface area contributed by atoms with Gasteiger partial charge in [-0.05, 0) is 107 Å². The largest absolute Gasteiger partial charge is 0.396 e. The summed E-state index contributed by atoms with van der Waals surface area (Å²) in [4.78, 5) is 0. The summed E-state index contributed by atoms with van der Waals surface area (Å²) >= 11 is 0. The van der Waals surface area contributed by atoms with Crippen molar-refractivity contribution in [2.24, 2.45) is 44.8 Å². The molecule has 0 bridgehead atoms. The van der Waals surface area contributed by atoms with Gasteiger partial charge in [0.05, 0.1) is 42.2 Å². The van der Waals surface area contributed by atoms with E-state index < -0.39 is 64.8 Å². The molecule has 16 atom stereocenters. The molecule has 0 aromatic rings. The summed E-state index contributed by atoms with van der Waals surface area (Å²) in [6.07, 6.45) is 0.222. The van der Waals surface area contributed by atoms with E-state index in [1.165, 1.54) is 0 Å². The molecule has 10 nitrogen and oxygen atoms in total. The number of ether oxygens (including phenoxy) is 3. The Bertz CT molecular complexity index is 1170. The second-order valence-corrected chi connectivity index (χ2v) is 18.0. The minimum Gasteiger partial charge on any atom is -0.396 e. The van der Waals surface area contributed by atoms with Crippen LogP contribution in [0.4, 0.5) is 0 Å². The smallest absolute Gasteiger partial charge is 0.186 e. The van der Waals surface area contributed by atoms with Crippen LogP contribution >= 0.6 is 0 Å². The van der Waals surface area contributed by atoms with E-state index in [4.69, 9.17) is 14.2 Å². The number of aliphatic hydroxyl groups is 7. The normalized spacial score (nSPS) is 58.7. The topological polar surface area (TPSA) is 169 Å². The molecule has 258 valence electrons. The maximum absolute atomic E-state index is 12.1. The molecule has 0 aromatic heterocycles. The minimum atomic E-state index is -1.32. The molecule has 0 aromatic carbocycles. The highest BCUT2D eigenvalue weighted by atomic mass is 16.7. The summed E-state index contributed by atoms with van der Waals surface area (Å²) in [6.45, 7) is 12.0. The molecular weight excluding hydrogens is 580 g/mol. The molecule has 2 spiro atoms. The van der Waals surface area contributed by atoms with Crippen LogP contribution in [0, 0.1) is 44.8 Å². The van der Waals surface area contributed by atoms with E-state index in [-0.39, 0.29) is 47.6 Å². The Morgan fingerprint density at radius 2 is 1.47 bits per heavy atom. The quantitative estimate of drug-likeness (QED) is 0.221. The fraction of sp³-hybridized carbons (Fsp3) is 1.00. The van der Waals surface area contributed by atoms with Gasteiger partial charge in [0, 0.05) is 23.4 Å². The fourth-order valence-corrected chi connectivity index (χ4v) is 13.4. The lowest BCUT2D eigenvalue weighted by atomic mass is 9.41. The maximum Gasteiger partial charge on any atom is 0.186 e. The molecule has 0 amide bonds. The second-order valence-electron chi connectivity index (χ2n) is 18.0. The molecule has 0 radical (unpaired) electrons. The highest BCUT2D eigenvalue weighted by molar-refractivity contribution is 5.34. The van der Waals surface area contributed by atoms with Gasteiger partial charge < -0.3 is 50.0 Å². The first-order valence-electron chi connectivity index (χ1n) is 17.5. The zero-order valence-corrected chi connectivity index (χ0v) is 28.0. The van der Waals surface area contributed by atoms with Crippen LogP contribution in [0.15, 0.2) is 0 Å². The highest BCUT2D eigenvalue weighted by Crippen LogP contribution is 2.89. The fourth-order valence-electron chi connectivity index (χ4n) is 13.4. The molecule has 5 aliphatic carbocycles. The summed E-state index contributed by atoms with van der Waals surface area (Å²) in [5.41, 5.74) is -3.37. The van der Waals surface area contributed by atoms with Crippen LogP contribution in [0.2, 0.25) is 0 Å². The van der Waals surface area contributed by atoms with E-state index in [9.17, 15) is 35.7 Å². The van der Waals surface area contributed by atoms with Crippen molar-refractivity contribution in [2.45, 2.75) is 160 Å². The lowest BCUT2D eigenvalue weighted by Gasteiger charge is -2.64. The molecule has 5 saturated carbocycles. The molecule has 2 saturated heterocycles. The minimum absolute atomic E-state index is 0.00931. The Kier molecular flexibility index (Phi) is 7.42. The van der Waals surface area contributed by atoms with Crippen LogP contribution in [-0.2, 0) is 14.2 Å². The van der Waals surface area contributed by atoms with Crippen molar-refractivity contribution in [2.75, 3.05) is 13.2 Å². The molecular formula is C35H58O10. The van der Waals surface area contributed by atoms with Gasteiger partial charge in [0.25, 0.3) is 0 Å². The number of fused-ring (bicyclic) bond motifs is 2. The molecule has 7 fully saturated rings. The van der Waals surface area contributed by atoms with Gasteiger partial charge in [-0.25, -0.2) is 0 Å². The second kappa shape index (κ2) is 10.1. The van der Waals surface area contributed by atoms with Crippen LogP contribution in [0.3, 0.4) is 0 Å². The first-order chi connectivity index (χ1) is 20.9. The molecule has 7 rings (SSSR count). The Labute approximate surface area is 267 Å². The number of aliphatic hydroxyl groups excluding tert-OH is 6. The highest BCUT2D eigenvalue weighted by Gasteiger charge is 2.85. The summed E-state index contributed by atoms with van der Waals surface area (Å²) in [5.74, 6) is 0.0349. The van der Waals surface area contributed by atoms with E-state index in [2.05, 4.69) is 20.8 Å². The van der Waals surface area contributed by atoms with Gasteiger partial charge in [-0.3, -0.25) is 0 Å². The third-order valence-electron chi connectivity index (χ3n) is 15.6. The van der Waals surface area contributed by atoms with E-state index in [0.717, 1.165) is 38.5 Å². The van der Waals surface area contributed by atoms with Gasteiger partial charge in [0.15, 0.2) is 6.29 Å². The van der Waals surface area contributed by atoms with Gasteiger partial charge >= 0.3 is 0 Å². The number of hydrogen-bond acceptors (Lipinski definition) is 10. The molecule has 45 heavy (non-hydrogen) atoms. The van der Waals surface area contributed by atoms with E-state index in [0.29, 0.717) is 25.2 Å². The molecule has 7 N–H and O–H groups in total. The Morgan fingerprint density at radius 1 is 0.800 bits per heavy atom. The SMILES string of the molecule is CC(C)(O)[C@H]1CC[C@@](C)([C@@H]2[C@@H](O)[C@H](O)[C@@]3(C)[C@@H]4CC[C@@H]5C(C)(C)[C@H](O[C@@H]6OC[C@H](O)[C@H](O)[C@@H]6O)CC[C@@]56C[C@@]46CC[C@]23CO)O1. The Morgan fingerprint density at radius 3 is 2.11 bits per heavy atom. The summed E-state index contributed by atoms with van der Waals surface area (Å²) in [5, 5.41) is 76.9. The number of hydrogen-bond donors (Lipinski definition) is 7. The van der Waals surface area contributed by atoms with Gasteiger partial charge in [0.2, 0.25) is 0 Å². The molecule has 2 heterocycles. The van der Waals surface area contributed by atoms with Gasteiger partial charge in [-0.15, -0.1) is 0 Å². The molecule has 10 heteroatoms. The van der Waals surface area contributed by atoms with Crippen LogP contribution in [0.25, 0.3) is 0 Å². The predicted octanol–water partition coefficient (Wildman–Crippen LogP) is 1.87. The van der Waals surface area contributed by atoms with Gasteiger partial charge in [-0.2, -0.15) is 0 Å². The average molecular weight is 639 g/mol. The lowest BCUT2D eigenvalue weighted by Crippen LogP contribution is -2.63. The zero-order chi connectivity index (χ0) is 32.8. The van der Waals surface area contributed by atoms with Crippen molar-refractivity contribution < 1.29 is 50.0 Å². The van der Waals surface area contributed by atoms with Crippen molar-refractivity contribution in [3.63, 3.8) is 0 Å². The van der Waals surface area contributed by atoms with Crippen LogP contribution in [0.5, 0.6) is 0 Å². The third-order valence-corrected chi connectivity index (χ3v) is 15.6. The maximum atomic E-state index is 12.1. The number of rotatable bonds is 5. The van der Waals surface area contributed by atoms with Gasteiger partial charge in [-0.1, -0.05) is 20.8 Å². The van der Waals surface area contributed by atoms with Crippen LogP contribution in [0.1, 0.15) is 99.3 Å². The van der Waals surface area contributed by atoms with E-state index in [1.807, 2.05) is 6.92 Å². The van der Waals surface area contributed by atoms with Crippen LogP contribution in [-0.4, -0.2) is 109 Å². The first kappa shape index (κ1) is 33.1. The zero-order valence-electron chi connectivity index (χ0n) is 28.0. The molecule has 0 unspecified atom stereocenters. The van der Waals surface area contributed by atoms with E-state index >= 15 is 0 Å². The lowest BCUT2D eigenvalue weighted by molar-refractivity contribution is -0.303. The summed E-state index contributed by atoms with van der Waals surface area (Å²) in [7, 11) is 0. The van der Waals surface area contributed by atoms with Crippen molar-refractivity contribution in [3.8, 4) is 0 Å². The summed E-state index contributed by atoms with van der Waals surface area (Å²) < 4.78 is 18.7. The Balaban J connectivity index is 1.17. The van der Waals surface area contributed by atoms with E-state index in [1.54, 1.807) is 13.8 Å². The van der Waals surface area contributed by atoms with Crippen molar-refractivity contribution in [3.05, 3.63) is 0 Å². The van der Waals surface area contributed by atoms with Crippen LogP contribution < -0.4 is 0 Å². The average Bonchev–Trinajstić information content (AvgIpc) is 3.39. The predicted molar refractivity (Wildman–Crippen MR) is 163 cm³/mol. The Hall–Kier alpha value is -0.400. The van der Waals surface area contributed by atoms with Gasteiger partial charge in [0.1, 0.15) is 18.3 Å². The third kappa shape index (κ3) is 4.04. The standard InChI is InChI=1S/C35H58O10/c1-29(2)19-7-8-20-32(6)27(41)25(40)26(31(5)11-9-22(45-31)30(3,4)42)35(32,17-36)14-13-34(20)16-33(19,34)12-10-21(29)44-28-24(39)23(38)18(37)15-43-28/h18-28,36-42H,7-17H2,1-6H3/t18-,19+,20-,21+,22+,23-,24-,25+,26-,27-,28-,31-,32+,33+,34-,35-/m0/s1. The first-order valence-corrected chi connectivity index (χ1v) is 17.5. The van der Waals surface area contributed by atoms with Crippen molar-refractivity contribution in [1.29, 1.82) is 0 Å². The van der Waals surface area contributed by atoms with Crippen molar-refractivity contribution in [1.82, 2.24) is 0 Å². The monoisotopic (exact) mass is 638 g/mol.